The van der Waals surface area contributed by atoms with E-state index in [-0.39, 0.29) is 23.9 Å². The van der Waals surface area contributed by atoms with Crippen molar-refractivity contribution in [2.45, 2.75) is 71.1 Å². The molecule has 2 aromatic carbocycles. The van der Waals surface area contributed by atoms with E-state index in [0.29, 0.717) is 47.1 Å². The maximum absolute atomic E-state index is 13.8. The molecule has 2 atom stereocenters. The highest BCUT2D eigenvalue weighted by molar-refractivity contribution is 7.89. The molecule has 14 heteroatoms. The minimum absolute atomic E-state index is 0.0891. The first kappa shape index (κ1) is 31.6. The number of aliphatic carboxylic acids is 1. The first-order chi connectivity index (χ1) is 20.5. The summed E-state index contributed by atoms with van der Waals surface area (Å²) < 4.78 is 72.6. The van der Waals surface area contributed by atoms with Crippen molar-refractivity contribution >= 4 is 27.0 Å². The van der Waals surface area contributed by atoms with Crippen LogP contribution in [0.2, 0.25) is 0 Å². The summed E-state index contributed by atoms with van der Waals surface area (Å²) in [6.07, 6.45) is -4.39. The third-order valence-corrected chi connectivity index (χ3v) is 10.5. The predicted molar refractivity (Wildman–Crippen MR) is 156 cm³/mol. The number of carboxylic acids is 1. The van der Waals surface area contributed by atoms with Gasteiger partial charge in [0, 0.05) is 26.1 Å². The smallest absolute Gasteiger partial charge is 0.416 e. The molecule has 1 N–H and O–H groups in total. The number of hydrogen-bond acceptors (Lipinski definition) is 6. The van der Waals surface area contributed by atoms with Crippen molar-refractivity contribution in [2.24, 2.45) is 18.4 Å². The third-order valence-electron chi connectivity index (χ3n) is 8.59. The average molecular weight is 633 g/mol. The lowest BCUT2D eigenvalue weighted by molar-refractivity contribution is -0.147. The van der Waals surface area contributed by atoms with Crippen LogP contribution in [0.15, 0.2) is 41.3 Å². The molecule has 1 aliphatic heterocycles. The van der Waals surface area contributed by atoms with Crippen LogP contribution in [0.4, 0.5) is 13.2 Å². The highest BCUT2D eigenvalue weighted by atomic mass is 32.2. The third kappa shape index (κ3) is 5.38. The Morgan fingerprint density at radius 3 is 2.50 bits per heavy atom. The van der Waals surface area contributed by atoms with E-state index in [4.69, 9.17) is 0 Å². The summed E-state index contributed by atoms with van der Waals surface area (Å²) in [5.74, 6) is -1.96. The van der Waals surface area contributed by atoms with E-state index in [0.717, 1.165) is 17.1 Å². The number of nitrogens with zero attached hydrogens (tertiary/aromatic N) is 6. The molecule has 10 nitrogen and oxygen atoms in total. The van der Waals surface area contributed by atoms with Crippen LogP contribution in [-0.2, 0) is 47.6 Å². The van der Waals surface area contributed by atoms with Crippen LogP contribution in [0, 0.1) is 18.3 Å². The molecule has 0 aliphatic carbocycles. The Bertz CT molecular complexity index is 1860. The molecule has 5 rings (SSSR count). The predicted octanol–water partition coefficient (Wildman–Crippen LogP) is 5.14. The van der Waals surface area contributed by atoms with Crippen LogP contribution in [0.1, 0.15) is 67.3 Å². The van der Waals surface area contributed by atoms with Crippen LogP contribution in [0.5, 0.6) is 0 Å². The van der Waals surface area contributed by atoms with Crippen molar-refractivity contribution in [1.29, 1.82) is 0 Å². The van der Waals surface area contributed by atoms with Gasteiger partial charge in [0.1, 0.15) is 5.52 Å². The van der Waals surface area contributed by atoms with Gasteiger partial charge in [0.25, 0.3) is 0 Å². The maximum Gasteiger partial charge on any atom is 0.416 e. The normalized spacial score (nSPS) is 18.2. The number of fused-ring (bicyclic) bond motifs is 2. The first-order valence-electron chi connectivity index (χ1n) is 14.3. The van der Waals surface area contributed by atoms with Gasteiger partial charge < -0.3 is 5.11 Å². The van der Waals surface area contributed by atoms with E-state index >= 15 is 0 Å². The molecule has 2 aromatic heterocycles. The summed E-state index contributed by atoms with van der Waals surface area (Å²) in [5, 5.41) is 23.5. The summed E-state index contributed by atoms with van der Waals surface area (Å²) in [4.78, 5) is 12.2. The largest absolute Gasteiger partial charge is 0.481 e. The van der Waals surface area contributed by atoms with Gasteiger partial charge in [-0.3, -0.25) is 9.48 Å². The summed E-state index contributed by atoms with van der Waals surface area (Å²) in [7, 11) is -2.67. The number of sulfonamides is 1. The van der Waals surface area contributed by atoms with Crippen LogP contribution >= 0.6 is 0 Å². The molecule has 236 valence electrons. The molecule has 0 saturated carbocycles. The van der Waals surface area contributed by atoms with Crippen molar-refractivity contribution in [3.8, 4) is 0 Å². The Balaban J connectivity index is 1.58. The quantitative estimate of drug-likeness (QED) is 0.299. The summed E-state index contributed by atoms with van der Waals surface area (Å²) >= 11 is 0. The van der Waals surface area contributed by atoms with Gasteiger partial charge in [0.2, 0.25) is 10.0 Å². The zero-order chi connectivity index (χ0) is 32.4. The summed E-state index contributed by atoms with van der Waals surface area (Å²) in [6.45, 7) is 9.42. The topological polar surface area (TPSA) is 123 Å². The van der Waals surface area contributed by atoms with E-state index in [1.54, 1.807) is 31.6 Å². The van der Waals surface area contributed by atoms with E-state index in [1.807, 2.05) is 32.9 Å². The van der Waals surface area contributed by atoms with Crippen molar-refractivity contribution in [2.75, 3.05) is 6.54 Å². The van der Waals surface area contributed by atoms with Crippen LogP contribution in [0.25, 0.3) is 11.0 Å². The van der Waals surface area contributed by atoms with Crippen molar-refractivity contribution < 1.29 is 31.5 Å². The van der Waals surface area contributed by atoms with E-state index in [9.17, 15) is 31.5 Å². The zero-order valence-corrected chi connectivity index (χ0v) is 26.2. The maximum atomic E-state index is 13.8. The fourth-order valence-corrected chi connectivity index (χ4v) is 7.87. The number of alkyl halides is 3. The van der Waals surface area contributed by atoms with Gasteiger partial charge in [-0.2, -0.15) is 22.6 Å². The second-order valence-electron chi connectivity index (χ2n) is 12.1. The standard InChI is InChI=1S/C30H35F3N6O4S/c1-7-39-24-11-10-22(18(3)27(24)34-36-39)26(29(4,5)28(40)41)23-14-21(37(6)35-23)16-38-15-17(2)12-19-8-9-20(30(31,32)33)13-25(19)44(38,42)43/h8-11,13-14,17,26H,7,12,15-16H2,1-6H3,(H,40,41)/t17-,26-/m0/s1. The minimum atomic E-state index is -4.69. The molecule has 1 aliphatic rings. The molecule has 0 unspecified atom stereocenters. The van der Waals surface area contributed by atoms with Crippen molar-refractivity contribution in [3.05, 3.63) is 70.0 Å². The number of hydrogen-bond donors (Lipinski definition) is 1. The fraction of sp³-hybridized carbons (Fsp3) is 0.467. The zero-order valence-electron chi connectivity index (χ0n) is 25.3. The number of halogens is 3. The Kier molecular flexibility index (Phi) is 7.90. The molecule has 0 amide bonds. The van der Waals surface area contributed by atoms with Crippen LogP contribution in [0.3, 0.4) is 0 Å². The van der Waals surface area contributed by atoms with Gasteiger partial charge in [0.05, 0.1) is 39.3 Å². The van der Waals surface area contributed by atoms with E-state index in [1.165, 1.54) is 15.1 Å². The minimum Gasteiger partial charge on any atom is -0.481 e. The Labute approximate surface area is 253 Å². The number of aromatic nitrogens is 5. The molecule has 0 radical (unpaired) electrons. The second-order valence-corrected chi connectivity index (χ2v) is 14.0. The highest BCUT2D eigenvalue weighted by Crippen LogP contribution is 2.43. The molecule has 0 saturated heterocycles. The number of carbonyl (C=O) groups is 1. The van der Waals surface area contributed by atoms with Crippen molar-refractivity contribution in [1.82, 2.24) is 29.1 Å². The SMILES string of the molecule is CCn1nnc2c(C)c([C@@H](c3cc(CN4C[C@@H](C)Cc5ccc(C(F)(F)F)cc5S4(=O)=O)n(C)n3)C(C)(C)C(=O)O)ccc21. The Morgan fingerprint density at radius 1 is 1.16 bits per heavy atom. The molecule has 0 spiro atoms. The van der Waals surface area contributed by atoms with Crippen LogP contribution < -0.4 is 0 Å². The van der Waals surface area contributed by atoms with E-state index < -0.39 is 39.1 Å². The van der Waals surface area contributed by atoms with Crippen LogP contribution in [-0.4, -0.2) is 55.1 Å². The molecule has 4 aromatic rings. The van der Waals surface area contributed by atoms with Gasteiger partial charge in [-0.1, -0.05) is 24.3 Å². The summed E-state index contributed by atoms with van der Waals surface area (Å²) in [5.41, 5.74) is 1.78. The number of benzene rings is 2. The molecule has 0 fully saturated rings. The Morgan fingerprint density at radius 2 is 1.86 bits per heavy atom. The molecule has 0 bridgehead atoms. The van der Waals surface area contributed by atoms with Gasteiger partial charge >= 0.3 is 12.1 Å². The van der Waals surface area contributed by atoms with Gasteiger partial charge in [0.15, 0.2) is 0 Å². The van der Waals surface area contributed by atoms with Gasteiger partial charge in [-0.15, -0.1) is 5.10 Å². The molecule has 3 heterocycles. The Hall–Kier alpha value is -3.78. The highest BCUT2D eigenvalue weighted by Gasteiger charge is 2.42. The lowest BCUT2D eigenvalue weighted by Gasteiger charge is -2.30. The average Bonchev–Trinajstić information content (AvgIpc) is 3.49. The van der Waals surface area contributed by atoms with Gasteiger partial charge in [-0.25, -0.2) is 13.1 Å². The monoisotopic (exact) mass is 632 g/mol. The number of rotatable bonds is 7. The van der Waals surface area contributed by atoms with E-state index in [2.05, 4.69) is 15.4 Å². The molecular weight excluding hydrogens is 597 g/mol. The number of carboxylic acid groups (broad SMARTS) is 1. The molecule has 44 heavy (non-hydrogen) atoms. The molecular formula is C30H35F3N6O4S. The fourth-order valence-electron chi connectivity index (χ4n) is 6.08. The van der Waals surface area contributed by atoms with Crippen molar-refractivity contribution in [3.63, 3.8) is 0 Å². The first-order valence-corrected chi connectivity index (χ1v) is 15.7. The number of aryl methyl sites for hydroxylation is 3. The lowest BCUT2D eigenvalue weighted by Crippen LogP contribution is -2.33. The lowest BCUT2D eigenvalue weighted by atomic mass is 9.72. The second kappa shape index (κ2) is 11.0. The summed E-state index contributed by atoms with van der Waals surface area (Å²) in [6, 6.07) is 8.26. The van der Waals surface area contributed by atoms with Gasteiger partial charge in [-0.05, 0) is 81.0 Å².